The second-order valence-electron chi connectivity index (χ2n) is 17.0. The number of hydrogen-bond donors (Lipinski definition) is 0. The van der Waals surface area contributed by atoms with Crippen molar-refractivity contribution >= 4 is 54.8 Å². The highest BCUT2D eigenvalue weighted by Crippen LogP contribution is 2.41. The Labute approximate surface area is 314 Å². The largest absolute Gasteiger partial charge is 0.289 e. The highest BCUT2D eigenvalue weighted by molar-refractivity contribution is 9.10. The monoisotopic (exact) mass is 798 g/mol. The predicted molar refractivity (Wildman–Crippen MR) is 213 cm³/mol. The lowest BCUT2D eigenvalue weighted by molar-refractivity contribution is -0.114. The highest BCUT2D eigenvalue weighted by atomic mass is 79.9. The van der Waals surface area contributed by atoms with E-state index in [4.69, 9.17) is 0 Å². The van der Waals surface area contributed by atoms with Crippen LogP contribution in [0.2, 0.25) is 0 Å². The highest BCUT2D eigenvalue weighted by Gasteiger charge is 2.35. The van der Waals surface area contributed by atoms with Crippen molar-refractivity contribution in [3.63, 3.8) is 0 Å². The molecule has 0 N–H and O–H groups in total. The Morgan fingerprint density at radius 2 is 0.740 bits per heavy atom. The zero-order valence-electron chi connectivity index (χ0n) is 31.3. The van der Waals surface area contributed by atoms with Gasteiger partial charge in [0, 0.05) is 31.2 Å². The molecule has 8 heteroatoms. The van der Waals surface area contributed by atoms with Crippen molar-refractivity contribution in [2.75, 3.05) is 0 Å². The van der Waals surface area contributed by atoms with Crippen molar-refractivity contribution in [1.29, 1.82) is 0 Å². The van der Waals surface area contributed by atoms with Crippen LogP contribution >= 0.6 is 31.9 Å². The van der Waals surface area contributed by atoms with Crippen molar-refractivity contribution in [3.05, 3.63) is 115 Å². The van der Waals surface area contributed by atoms with Crippen LogP contribution in [0.3, 0.4) is 0 Å². The number of nitrogens with zero attached hydrogens (tertiary/aromatic N) is 4. The van der Waals surface area contributed by atoms with Crippen LogP contribution in [0.5, 0.6) is 0 Å². The molecule has 0 radical (unpaired) electrons. The summed E-state index contributed by atoms with van der Waals surface area (Å²) in [5.41, 5.74) is 6.72. The molecular formula is C42H48Br2N4O2. The van der Waals surface area contributed by atoms with Gasteiger partial charge in [0.25, 0.3) is 0 Å². The summed E-state index contributed by atoms with van der Waals surface area (Å²) in [6.07, 6.45) is 11.1. The van der Waals surface area contributed by atoms with Crippen LogP contribution in [0.1, 0.15) is 83.1 Å². The summed E-state index contributed by atoms with van der Waals surface area (Å²) >= 11 is 7.28. The summed E-state index contributed by atoms with van der Waals surface area (Å²) < 4.78 is 1.71. The Kier molecular flexibility index (Phi) is 11.4. The van der Waals surface area contributed by atoms with E-state index in [0.717, 1.165) is 53.5 Å². The Morgan fingerprint density at radius 3 is 1.00 bits per heavy atom. The normalized spacial score (nSPS) is 16.5. The molecular weight excluding hydrogens is 752 g/mol. The zero-order chi connectivity index (χ0) is 37.4. The number of halogens is 2. The Hall–Kier alpha value is -3.62. The van der Waals surface area contributed by atoms with Crippen molar-refractivity contribution in [3.8, 4) is 11.1 Å². The Morgan fingerprint density at radius 1 is 0.460 bits per heavy atom. The average Bonchev–Trinajstić information content (AvgIpc) is 2.95. The standard InChI is InChI=1S/C42H48Br2N4O2/c1-39(2,3)33-13-25(14-34(37(33)49)40(4,5)6)23-45-47-31-19-27(17-29(43)21-31)28-18-30(44)22-32(20-28)48-46-24-26-15-35(41(7,8)9)38(50)36(16-26)42(10,11)12/h13-24H,1-12H3. The number of Topliss-reactive ketones (excluding diaryl/α,β-unsaturated/α-hetero) is 2. The Balaban J connectivity index is 1.65. The van der Waals surface area contributed by atoms with Crippen molar-refractivity contribution < 1.29 is 9.59 Å². The summed E-state index contributed by atoms with van der Waals surface area (Å²) in [6, 6.07) is 11.8. The molecule has 0 amide bonds. The topological polar surface area (TPSA) is 83.6 Å². The lowest BCUT2D eigenvalue weighted by Crippen LogP contribution is -2.27. The van der Waals surface area contributed by atoms with Gasteiger partial charge in [-0.05, 0) is 105 Å². The van der Waals surface area contributed by atoms with E-state index in [-0.39, 0.29) is 33.2 Å². The van der Waals surface area contributed by atoms with Gasteiger partial charge < -0.3 is 0 Å². The molecule has 0 fully saturated rings. The van der Waals surface area contributed by atoms with E-state index in [1.54, 1.807) is 12.4 Å². The van der Waals surface area contributed by atoms with Crippen LogP contribution in [0.4, 0.5) is 11.4 Å². The molecule has 0 saturated carbocycles. The van der Waals surface area contributed by atoms with Gasteiger partial charge in [-0.1, -0.05) is 115 Å². The first-order valence-electron chi connectivity index (χ1n) is 16.8. The van der Waals surface area contributed by atoms with E-state index in [1.807, 2.05) is 60.7 Å². The number of ketones is 2. The van der Waals surface area contributed by atoms with Crippen molar-refractivity contribution in [1.82, 2.24) is 0 Å². The van der Waals surface area contributed by atoms with E-state index < -0.39 is 0 Å². The molecule has 262 valence electrons. The molecule has 2 aromatic rings. The molecule has 0 saturated heterocycles. The van der Waals surface area contributed by atoms with Crippen LogP contribution in [0.25, 0.3) is 11.1 Å². The van der Waals surface area contributed by atoms with Crippen LogP contribution in [-0.4, -0.2) is 11.6 Å². The van der Waals surface area contributed by atoms with Crippen molar-refractivity contribution in [2.24, 2.45) is 42.1 Å². The average molecular weight is 801 g/mol. The van der Waals surface area contributed by atoms with E-state index in [2.05, 4.69) is 135 Å². The molecule has 6 nitrogen and oxygen atoms in total. The van der Waals surface area contributed by atoms with Gasteiger partial charge in [0.05, 0.1) is 23.8 Å². The molecule has 0 aliphatic heterocycles. The second kappa shape index (κ2) is 14.5. The van der Waals surface area contributed by atoms with Gasteiger partial charge in [-0.3, -0.25) is 9.59 Å². The minimum absolute atomic E-state index is 0.0868. The second-order valence-corrected chi connectivity index (χ2v) is 18.8. The molecule has 0 heterocycles. The fourth-order valence-corrected chi connectivity index (χ4v) is 6.56. The number of azo groups is 2. The van der Waals surface area contributed by atoms with Crippen LogP contribution < -0.4 is 0 Å². The van der Waals surface area contributed by atoms with E-state index >= 15 is 0 Å². The molecule has 50 heavy (non-hydrogen) atoms. The van der Waals surface area contributed by atoms with E-state index in [0.29, 0.717) is 11.4 Å². The number of benzene rings is 2. The first kappa shape index (κ1) is 39.2. The van der Waals surface area contributed by atoms with Crippen LogP contribution in [0, 0.1) is 21.7 Å². The van der Waals surface area contributed by atoms with Gasteiger partial charge in [0.15, 0.2) is 11.6 Å². The van der Waals surface area contributed by atoms with Gasteiger partial charge in [0.1, 0.15) is 0 Å². The first-order valence-corrected chi connectivity index (χ1v) is 18.3. The van der Waals surface area contributed by atoms with Crippen LogP contribution in [-0.2, 0) is 9.59 Å². The van der Waals surface area contributed by atoms with Gasteiger partial charge in [0.2, 0.25) is 0 Å². The number of carbonyl (C=O) groups is 2. The molecule has 2 aliphatic rings. The molecule has 2 aromatic carbocycles. The third-order valence-electron chi connectivity index (χ3n) is 8.31. The molecule has 0 bridgehead atoms. The number of carbonyl (C=O) groups excluding carboxylic acids is 2. The molecule has 2 aliphatic carbocycles. The number of rotatable bonds is 5. The third-order valence-corrected chi connectivity index (χ3v) is 9.23. The van der Waals surface area contributed by atoms with Crippen LogP contribution in [0.15, 0.2) is 136 Å². The van der Waals surface area contributed by atoms with Gasteiger partial charge in [-0.15, -0.1) is 0 Å². The fraction of sp³-hybridized carbons (Fsp3) is 0.381. The quantitative estimate of drug-likeness (QED) is 0.282. The summed E-state index contributed by atoms with van der Waals surface area (Å²) in [7, 11) is 0. The van der Waals surface area contributed by atoms with Gasteiger partial charge >= 0.3 is 0 Å². The minimum Gasteiger partial charge on any atom is -0.289 e. The minimum atomic E-state index is -0.299. The smallest absolute Gasteiger partial charge is 0.186 e. The summed E-state index contributed by atoms with van der Waals surface area (Å²) in [6.45, 7) is 24.6. The van der Waals surface area contributed by atoms with E-state index in [1.165, 1.54) is 0 Å². The summed E-state index contributed by atoms with van der Waals surface area (Å²) in [5, 5.41) is 17.9. The maximum absolute atomic E-state index is 13.3. The van der Waals surface area contributed by atoms with E-state index in [9.17, 15) is 9.59 Å². The molecule has 4 rings (SSSR count). The summed E-state index contributed by atoms with van der Waals surface area (Å²) in [5.74, 6) is 0.174. The molecule has 0 spiro atoms. The van der Waals surface area contributed by atoms with Gasteiger partial charge in [-0.2, -0.15) is 20.5 Å². The predicted octanol–water partition coefficient (Wildman–Crippen LogP) is 13.9. The summed E-state index contributed by atoms with van der Waals surface area (Å²) in [4.78, 5) is 26.6. The lowest BCUT2D eigenvalue weighted by atomic mass is 9.72. The molecule has 0 atom stereocenters. The zero-order valence-corrected chi connectivity index (χ0v) is 34.5. The first-order chi connectivity index (χ1) is 22.9. The fourth-order valence-electron chi connectivity index (χ4n) is 5.60. The van der Waals surface area contributed by atoms with Crippen molar-refractivity contribution in [2.45, 2.75) is 83.1 Å². The third kappa shape index (κ3) is 9.79. The maximum atomic E-state index is 13.3. The Bertz CT molecular complexity index is 1760. The number of allylic oxidation sites excluding steroid dienone is 10. The lowest BCUT2D eigenvalue weighted by Gasteiger charge is -2.31. The molecule has 0 aromatic heterocycles. The molecule has 0 unspecified atom stereocenters. The maximum Gasteiger partial charge on any atom is 0.186 e. The van der Waals surface area contributed by atoms with Gasteiger partial charge in [-0.25, -0.2) is 0 Å². The SMILES string of the molecule is CC(C)(C)C1=CC(=CN=Nc2cc(Br)cc(-c3cc(Br)cc(N=NC=C4C=C(C(C)(C)C)C(=O)C(C(C)(C)C)=C4)c3)c2)C=C(C(C)(C)C)C1=O. The number of hydrogen-bond acceptors (Lipinski definition) is 6.